The van der Waals surface area contributed by atoms with E-state index in [-0.39, 0.29) is 24.8 Å². The van der Waals surface area contributed by atoms with E-state index in [1.165, 1.54) is 0 Å². The smallest absolute Gasteiger partial charge is 0.305 e. The minimum atomic E-state index is -0.958. The van der Waals surface area contributed by atoms with Gasteiger partial charge in [0.25, 0.3) is 5.91 Å². The Balaban J connectivity index is 2.47. The molecule has 0 atom stereocenters. The van der Waals surface area contributed by atoms with Crippen LogP contribution in [-0.2, 0) is 9.59 Å². The predicted octanol–water partition coefficient (Wildman–Crippen LogP) is 2.02. The van der Waals surface area contributed by atoms with Crippen LogP contribution in [0.4, 0.5) is 5.69 Å². The van der Waals surface area contributed by atoms with E-state index in [4.69, 9.17) is 5.11 Å². The van der Waals surface area contributed by atoms with Crippen molar-refractivity contribution in [1.82, 2.24) is 5.32 Å². The first-order valence-electron chi connectivity index (χ1n) is 6.93. The van der Waals surface area contributed by atoms with Crippen molar-refractivity contribution in [1.29, 1.82) is 0 Å². The standard InChI is InChI=1S/C15H20N2O4/c1-2-3-4-13(18)17-12-7-5-11(6-8-12)15(21)16-10-9-14(19)20/h5-8H,2-4,9-10H2,1H3,(H,16,21)(H,17,18)(H,19,20). The zero-order valence-corrected chi connectivity index (χ0v) is 12.0. The van der Waals surface area contributed by atoms with Crippen molar-refractivity contribution in [3.63, 3.8) is 0 Å². The molecule has 0 unspecified atom stereocenters. The Labute approximate surface area is 123 Å². The molecule has 0 bridgehead atoms. The van der Waals surface area contributed by atoms with Gasteiger partial charge in [-0.2, -0.15) is 0 Å². The zero-order chi connectivity index (χ0) is 15.7. The van der Waals surface area contributed by atoms with Gasteiger partial charge in [-0.05, 0) is 30.7 Å². The van der Waals surface area contributed by atoms with Crippen LogP contribution in [0.3, 0.4) is 0 Å². The SMILES string of the molecule is CCCCC(=O)Nc1ccc(C(=O)NCCC(=O)O)cc1. The molecular formula is C15H20N2O4. The maximum atomic E-state index is 11.7. The third-order valence-corrected chi connectivity index (χ3v) is 2.81. The first-order chi connectivity index (χ1) is 10.0. The lowest BCUT2D eigenvalue weighted by Crippen LogP contribution is -2.25. The fourth-order valence-corrected chi connectivity index (χ4v) is 1.65. The van der Waals surface area contributed by atoms with Crippen LogP contribution in [0, 0.1) is 0 Å². The highest BCUT2D eigenvalue weighted by atomic mass is 16.4. The third-order valence-electron chi connectivity index (χ3n) is 2.81. The van der Waals surface area contributed by atoms with Gasteiger partial charge >= 0.3 is 5.97 Å². The quantitative estimate of drug-likeness (QED) is 0.683. The number of hydrogen-bond acceptors (Lipinski definition) is 3. The van der Waals surface area contributed by atoms with Crippen molar-refractivity contribution in [2.24, 2.45) is 0 Å². The van der Waals surface area contributed by atoms with Gasteiger partial charge in [0.2, 0.25) is 5.91 Å². The number of anilines is 1. The highest BCUT2D eigenvalue weighted by Gasteiger charge is 2.07. The van der Waals surface area contributed by atoms with Crippen LogP contribution in [0.5, 0.6) is 0 Å². The van der Waals surface area contributed by atoms with Gasteiger partial charge < -0.3 is 15.7 Å². The molecule has 0 aliphatic heterocycles. The van der Waals surface area contributed by atoms with Crippen LogP contribution in [0.1, 0.15) is 43.0 Å². The van der Waals surface area contributed by atoms with Crippen LogP contribution >= 0.6 is 0 Å². The van der Waals surface area contributed by atoms with Gasteiger partial charge in [-0.1, -0.05) is 13.3 Å². The van der Waals surface area contributed by atoms with Gasteiger partial charge in [0.1, 0.15) is 0 Å². The Kier molecular flexibility index (Phi) is 6.94. The number of carboxylic acids is 1. The molecule has 0 saturated carbocycles. The summed E-state index contributed by atoms with van der Waals surface area (Å²) in [6.45, 7) is 2.11. The first-order valence-corrected chi connectivity index (χ1v) is 6.93. The molecule has 0 aliphatic carbocycles. The predicted molar refractivity (Wildman–Crippen MR) is 79.2 cm³/mol. The monoisotopic (exact) mass is 292 g/mol. The number of carboxylic acid groups (broad SMARTS) is 1. The highest BCUT2D eigenvalue weighted by molar-refractivity contribution is 5.95. The van der Waals surface area contributed by atoms with Gasteiger partial charge in [0, 0.05) is 24.2 Å². The van der Waals surface area contributed by atoms with Crippen molar-refractivity contribution >= 4 is 23.5 Å². The number of amides is 2. The lowest BCUT2D eigenvalue weighted by Gasteiger charge is -2.07. The lowest BCUT2D eigenvalue weighted by molar-refractivity contribution is -0.136. The maximum absolute atomic E-state index is 11.7. The summed E-state index contributed by atoms with van der Waals surface area (Å²) in [5, 5.41) is 13.8. The number of benzene rings is 1. The second-order valence-corrected chi connectivity index (χ2v) is 4.63. The zero-order valence-electron chi connectivity index (χ0n) is 12.0. The largest absolute Gasteiger partial charge is 0.481 e. The molecule has 21 heavy (non-hydrogen) atoms. The van der Waals surface area contributed by atoms with Crippen LogP contribution in [0.2, 0.25) is 0 Å². The van der Waals surface area contributed by atoms with Crippen molar-refractivity contribution in [3.05, 3.63) is 29.8 Å². The summed E-state index contributed by atoms with van der Waals surface area (Å²) in [6.07, 6.45) is 2.17. The molecule has 1 rings (SSSR count). The fourth-order valence-electron chi connectivity index (χ4n) is 1.65. The molecule has 0 aromatic heterocycles. The summed E-state index contributed by atoms with van der Waals surface area (Å²) in [5.74, 6) is -1.34. The van der Waals surface area contributed by atoms with Gasteiger partial charge in [-0.25, -0.2) is 0 Å². The molecular weight excluding hydrogens is 272 g/mol. The molecule has 0 aliphatic rings. The van der Waals surface area contributed by atoms with E-state index < -0.39 is 5.97 Å². The van der Waals surface area contributed by atoms with Gasteiger partial charge in [-0.15, -0.1) is 0 Å². The van der Waals surface area contributed by atoms with Gasteiger partial charge in [0.05, 0.1) is 6.42 Å². The molecule has 0 saturated heterocycles. The van der Waals surface area contributed by atoms with Crippen molar-refractivity contribution < 1.29 is 19.5 Å². The number of rotatable bonds is 8. The van der Waals surface area contributed by atoms with E-state index in [0.29, 0.717) is 17.7 Å². The molecule has 0 fully saturated rings. The fraction of sp³-hybridized carbons (Fsp3) is 0.400. The molecule has 2 amide bonds. The third kappa shape index (κ3) is 6.56. The van der Waals surface area contributed by atoms with Crippen LogP contribution < -0.4 is 10.6 Å². The van der Waals surface area contributed by atoms with E-state index in [1.54, 1.807) is 24.3 Å². The topological polar surface area (TPSA) is 95.5 Å². The summed E-state index contributed by atoms with van der Waals surface area (Å²) in [6, 6.07) is 6.48. The number of carbonyl (C=O) groups is 3. The van der Waals surface area contributed by atoms with Crippen molar-refractivity contribution in [3.8, 4) is 0 Å². The number of hydrogen-bond donors (Lipinski definition) is 3. The Morgan fingerprint density at radius 2 is 1.76 bits per heavy atom. The average Bonchev–Trinajstić information content (AvgIpc) is 2.45. The maximum Gasteiger partial charge on any atom is 0.305 e. The van der Waals surface area contributed by atoms with Crippen LogP contribution in [0.15, 0.2) is 24.3 Å². The molecule has 6 nitrogen and oxygen atoms in total. The number of unbranched alkanes of at least 4 members (excludes halogenated alkanes) is 1. The molecule has 1 aromatic rings. The Morgan fingerprint density at radius 3 is 2.33 bits per heavy atom. The van der Waals surface area contributed by atoms with E-state index in [1.807, 2.05) is 6.92 Å². The molecule has 0 radical (unpaired) electrons. The van der Waals surface area contributed by atoms with Gasteiger partial charge in [0.15, 0.2) is 0 Å². The molecule has 0 spiro atoms. The molecule has 1 aromatic carbocycles. The summed E-state index contributed by atoms with van der Waals surface area (Å²) in [4.78, 5) is 33.6. The lowest BCUT2D eigenvalue weighted by atomic mass is 10.2. The first kappa shape index (κ1) is 16.7. The normalized spacial score (nSPS) is 9.95. The number of nitrogens with one attached hydrogen (secondary N) is 2. The molecule has 0 heterocycles. The number of aliphatic carboxylic acids is 1. The molecule has 114 valence electrons. The summed E-state index contributed by atoms with van der Waals surface area (Å²) in [5.41, 5.74) is 1.06. The molecule has 6 heteroatoms. The van der Waals surface area contributed by atoms with Crippen molar-refractivity contribution in [2.45, 2.75) is 32.6 Å². The average molecular weight is 292 g/mol. The Bertz CT molecular complexity index is 497. The Hall–Kier alpha value is -2.37. The summed E-state index contributed by atoms with van der Waals surface area (Å²) < 4.78 is 0. The molecule has 3 N–H and O–H groups in total. The van der Waals surface area contributed by atoms with Gasteiger partial charge in [-0.3, -0.25) is 14.4 Å². The minimum absolute atomic E-state index is 0.0458. The van der Waals surface area contributed by atoms with Crippen LogP contribution in [0.25, 0.3) is 0 Å². The Morgan fingerprint density at radius 1 is 1.10 bits per heavy atom. The van der Waals surface area contributed by atoms with E-state index in [9.17, 15) is 14.4 Å². The second-order valence-electron chi connectivity index (χ2n) is 4.63. The second kappa shape index (κ2) is 8.73. The van der Waals surface area contributed by atoms with E-state index >= 15 is 0 Å². The van der Waals surface area contributed by atoms with E-state index in [2.05, 4.69) is 10.6 Å². The summed E-state index contributed by atoms with van der Waals surface area (Å²) >= 11 is 0. The van der Waals surface area contributed by atoms with Crippen molar-refractivity contribution in [2.75, 3.05) is 11.9 Å². The highest BCUT2D eigenvalue weighted by Crippen LogP contribution is 2.10. The van der Waals surface area contributed by atoms with Crippen LogP contribution in [-0.4, -0.2) is 29.4 Å². The van der Waals surface area contributed by atoms with E-state index in [0.717, 1.165) is 12.8 Å². The minimum Gasteiger partial charge on any atom is -0.481 e. The summed E-state index contributed by atoms with van der Waals surface area (Å²) in [7, 11) is 0. The number of carbonyl (C=O) groups excluding carboxylic acids is 2.